The fraction of sp³-hybridized carbons (Fsp3) is 0.375. The van der Waals surface area contributed by atoms with E-state index in [0.717, 1.165) is 24.3 Å². The first kappa shape index (κ1) is 30.0. The summed E-state index contributed by atoms with van der Waals surface area (Å²) in [5.41, 5.74) is -1.70. The Morgan fingerprint density at radius 2 is 1.48 bits per heavy atom. The highest BCUT2D eigenvalue weighted by Crippen LogP contribution is 2.54. The van der Waals surface area contributed by atoms with Gasteiger partial charge in [0.15, 0.2) is 17.4 Å². The third-order valence-corrected chi connectivity index (χ3v) is 8.02. The average molecular weight is 600 g/mol. The lowest BCUT2D eigenvalue weighted by Gasteiger charge is -2.54. The molecule has 1 fully saturated rings. The molecule has 0 amide bonds. The minimum absolute atomic E-state index is 0.0816. The van der Waals surface area contributed by atoms with Gasteiger partial charge in [-0.1, -0.05) is 31.9 Å². The van der Waals surface area contributed by atoms with Crippen LogP contribution >= 0.6 is 11.6 Å². The van der Waals surface area contributed by atoms with Crippen molar-refractivity contribution >= 4 is 22.6 Å². The fourth-order valence-electron chi connectivity index (χ4n) is 6.09. The summed E-state index contributed by atoms with van der Waals surface area (Å²) < 4.78 is 76.8. The Kier molecular flexibility index (Phi) is 8.61. The first-order valence-corrected chi connectivity index (χ1v) is 14.4. The quantitative estimate of drug-likeness (QED) is 0.143. The van der Waals surface area contributed by atoms with Gasteiger partial charge < -0.3 is 14.0 Å². The Morgan fingerprint density at radius 3 is 2.07 bits per heavy atom. The number of halogens is 5. The van der Waals surface area contributed by atoms with Gasteiger partial charge in [-0.2, -0.15) is 5.26 Å². The van der Waals surface area contributed by atoms with E-state index >= 15 is 8.78 Å². The number of nitriles is 1. The Hall–Kier alpha value is -3.45. The molecule has 3 aromatic carbocycles. The highest BCUT2D eigenvalue weighted by molar-refractivity contribution is 6.30. The molecule has 0 radical (unpaired) electrons. The van der Waals surface area contributed by atoms with Crippen molar-refractivity contribution in [3.05, 3.63) is 87.9 Å². The number of hydrogen-bond donors (Lipinski definition) is 0. The maximum absolute atomic E-state index is 16.4. The number of benzene rings is 3. The lowest BCUT2D eigenvalue weighted by atomic mass is 9.70. The van der Waals surface area contributed by atoms with E-state index in [1.54, 1.807) is 34.9 Å². The van der Waals surface area contributed by atoms with Crippen LogP contribution in [-0.2, 0) is 15.0 Å². The Morgan fingerprint density at radius 1 is 0.881 bits per heavy atom. The normalized spacial score (nSPS) is 18.3. The van der Waals surface area contributed by atoms with Crippen LogP contribution in [0, 0.1) is 34.6 Å². The van der Waals surface area contributed by atoms with Crippen molar-refractivity contribution < 1.29 is 27.0 Å². The maximum atomic E-state index is 16.4. The molecule has 220 valence electrons. The molecule has 0 spiro atoms. The summed E-state index contributed by atoms with van der Waals surface area (Å²) in [5.74, 6) is -5.66. The first-order chi connectivity index (χ1) is 20.2. The van der Waals surface area contributed by atoms with Crippen molar-refractivity contribution in [3.63, 3.8) is 0 Å². The minimum Gasteiger partial charge on any atom is -0.347 e. The molecule has 1 unspecified atom stereocenters. The largest absolute Gasteiger partial charge is 0.347 e. The van der Waals surface area contributed by atoms with Crippen molar-refractivity contribution in [2.24, 2.45) is 0 Å². The van der Waals surface area contributed by atoms with Gasteiger partial charge >= 0.3 is 0 Å². The van der Waals surface area contributed by atoms with Gasteiger partial charge in [0.2, 0.25) is 0 Å². The van der Waals surface area contributed by atoms with Gasteiger partial charge in [0.25, 0.3) is 0 Å². The predicted molar refractivity (Wildman–Crippen MR) is 152 cm³/mol. The topological polar surface area (TPSA) is 60.1 Å². The number of imidazole rings is 1. The summed E-state index contributed by atoms with van der Waals surface area (Å²) in [5, 5.41) is 9.89. The number of fused-ring (bicyclic) bond motifs is 1. The van der Waals surface area contributed by atoms with E-state index in [4.69, 9.17) is 21.1 Å². The summed E-state index contributed by atoms with van der Waals surface area (Å²) >= 11 is 6.17. The number of ether oxygens (including phenoxy) is 2. The third-order valence-electron chi connectivity index (χ3n) is 7.77. The number of nitrogens with zero attached hydrogens (tertiary/aromatic N) is 3. The zero-order chi connectivity index (χ0) is 30.1. The van der Waals surface area contributed by atoms with E-state index in [1.165, 1.54) is 0 Å². The van der Waals surface area contributed by atoms with Crippen LogP contribution in [0.15, 0.2) is 48.5 Å². The second kappa shape index (κ2) is 12.0. The Labute approximate surface area is 246 Å². The maximum Gasteiger partial charge on any atom is 0.196 e. The summed E-state index contributed by atoms with van der Waals surface area (Å²) in [4.78, 5) is 4.68. The number of aromatic nitrogens is 2. The molecule has 42 heavy (non-hydrogen) atoms. The summed E-state index contributed by atoms with van der Waals surface area (Å²) in [7, 11) is 0. The molecule has 1 aliphatic rings. The van der Waals surface area contributed by atoms with Gasteiger partial charge in [-0.25, -0.2) is 22.5 Å². The molecule has 1 heterocycles. The average Bonchev–Trinajstić information content (AvgIpc) is 3.34. The zero-order valence-electron chi connectivity index (χ0n) is 23.3. The van der Waals surface area contributed by atoms with Crippen molar-refractivity contribution in [2.45, 2.75) is 63.7 Å². The molecule has 4 aromatic rings. The smallest absolute Gasteiger partial charge is 0.196 e. The van der Waals surface area contributed by atoms with E-state index in [2.05, 4.69) is 4.98 Å². The van der Waals surface area contributed by atoms with E-state index in [-0.39, 0.29) is 48.5 Å². The Bertz CT molecular complexity index is 1620. The molecule has 0 bridgehead atoms. The highest BCUT2D eigenvalue weighted by Gasteiger charge is 2.61. The van der Waals surface area contributed by atoms with Gasteiger partial charge in [-0.05, 0) is 62.1 Å². The van der Waals surface area contributed by atoms with Gasteiger partial charge in [0.1, 0.15) is 23.0 Å². The molecule has 1 saturated carbocycles. The summed E-state index contributed by atoms with van der Waals surface area (Å²) in [6, 6.07) is 12.3. The molecule has 1 atom stereocenters. The van der Waals surface area contributed by atoms with Crippen LogP contribution < -0.4 is 0 Å². The van der Waals surface area contributed by atoms with Crippen LogP contribution in [0.5, 0.6) is 0 Å². The molecule has 10 heteroatoms. The molecule has 5 nitrogen and oxygen atoms in total. The van der Waals surface area contributed by atoms with E-state index in [1.807, 2.05) is 13.8 Å². The minimum atomic E-state index is -1.79. The molecule has 1 aromatic heterocycles. The lowest BCUT2D eigenvalue weighted by Crippen LogP contribution is -2.62. The van der Waals surface area contributed by atoms with E-state index in [9.17, 15) is 14.0 Å². The third kappa shape index (κ3) is 4.96. The standard InChI is InChI=1S/C32H30ClF4N3O2/c1-3-13-41-32(42-14-4-2)12-6-5-11-31(32,29-25(36)15-20(19-38)16-26(29)37)40-28-18-24(35)23(34)17-27(28)39-30(40)21-7-9-22(33)10-8-21/h7-10,15-18H,3-6,11-14H2,1-2H3. The monoisotopic (exact) mass is 599 g/mol. The van der Waals surface area contributed by atoms with Gasteiger partial charge in [-0.3, -0.25) is 0 Å². The van der Waals surface area contributed by atoms with E-state index in [0.29, 0.717) is 36.3 Å². The van der Waals surface area contributed by atoms with Crippen LogP contribution in [0.3, 0.4) is 0 Å². The van der Waals surface area contributed by atoms with Crippen molar-refractivity contribution in [3.8, 4) is 17.5 Å². The molecular formula is C32H30ClF4N3O2. The van der Waals surface area contributed by atoms with Crippen LogP contribution in [-0.4, -0.2) is 28.6 Å². The van der Waals surface area contributed by atoms with E-state index < -0.39 is 40.2 Å². The molecule has 5 rings (SSSR count). The Balaban J connectivity index is 2.00. The molecule has 0 aliphatic heterocycles. The molecule has 0 saturated heterocycles. The molecule has 1 aliphatic carbocycles. The molecular weight excluding hydrogens is 570 g/mol. The summed E-state index contributed by atoms with van der Waals surface area (Å²) in [6.07, 6.45) is 2.68. The number of rotatable bonds is 9. The van der Waals surface area contributed by atoms with Crippen LogP contribution in [0.2, 0.25) is 5.02 Å². The van der Waals surface area contributed by atoms with Crippen LogP contribution in [0.1, 0.15) is 63.5 Å². The predicted octanol–water partition coefficient (Wildman–Crippen LogP) is 8.65. The fourth-order valence-corrected chi connectivity index (χ4v) is 6.21. The van der Waals surface area contributed by atoms with Crippen LogP contribution in [0.25, 0.3) is 22.4 Å². The first-order valence-electron chi connectivity index (χ1n) is 14.0. The van der Waals surface area contributed by atoms with Crippen molar-refractivity contribution in [1.82, 2.24) is 9.55 Å². The summed E-state index contributed by atoms with van der Waals surface area (Å²) in [6.45, 7) is 4.23. The van der Waals surface area contributed by atoms with Gasteiger partial charge in [0.05, 0.1) is 28.2 Å². The SMILES string of the molecule is CCCOC1(OCCC)CCCCC1(c1c(F)cc(C#N)cc1F)n1c(-c2ccc(Cl)cc2)nc2cc(F)c(F)cc21. The van der Waals surface area contributed by atoms with Crippen LogP contribution in [0.4, 0.5) is 17.6 Å². The number of hydrogen-bond acceptors (Lipinski definition) is 4. The van der Waals surface area contributed by atoms with Crippen molar-refractivity contribution in [1.29, 1.82) is 5.26 Å². The van der Waals surface area contributed by atoms with Crippen molar-refractivity contribution in [2.75, 3.05) is 13.2 Å². The highest BCUT2D eigenvalue weighted by atomic mass is 35.5. The zero-order valence-corrected chi connectivity index (χ0v) is 24.1. The molecule has 0 N–H and O–H groups in total. The second-order valence-electron chi connectivity index (χ2n) is 10.5. The van der Waals surface area contributed by atoms with Gasteiger partial charge in [0, 0.05) is 42.4 Å². The second-order valence-corrected chi connectivity index (χ2v) is 10.9. The lowest BCUT2D eigenvalue weighted by molar-refractivity contribution is -0.298. The van der Waals surface area contributed by atoms with Gasteiger partial charge in [-0.15, -0.1) is 0 Å².